The second-order valence-corrected chi connectivity index (χ2v) is 2.77. The van der Waals surface area contributed by atoms with Crippen LogP contribution in [0, 0.1) is 0 Å². The molecule has 0 aromatic carbocycles. The first kappa shape index (κ1) is 9.50. The Morgan fingerprint density at radius 2 is 2.31 bits per heavy atom. The van der Waals surface area contributed by atoms with E-state index in [1.165, 1.54) is 0 Å². The Balaban J connectivity index is 2.31. The van der Waals surface area contributed by atoms with Crippen LogP contribution in [0.25, 0.3) is 0 Å². The molecule has 2 amide bonds. The van der Waals surface area contributed by atoms with Crippen LogP contribution in [0.2, 0.25) is 0 Å². The minimum atomic E-state index is -1.10. The summed E-state index contributed by atoms with van der Waals surface area (Å²) in [5.74, 6) is -1.71. The molecule has 1 rings (SSSR count). The van der Waals surface area contributed by atoms with Crippen LogP contribution in [0.15, 0.2) is 0 Å². The van der Waals surface area contributed by atoms with Gasteiger partial charge in [-0.05, 0) is 6.42 Å². The quantitative estimate of drug-likeness (QED) is 0.498. The number of rotatable bonds is 3. The standard InChI is InChI=1S/C7H10N2O4/c10-5-2-1-4(9-5)7(13)8-3-6(11)12/h4H,1-3H2,(H,8,13)(H,9,10)(H,11,12). The van der Waals surface area contributed by atoms with E-state index in [9.17, 15) is 14.4 Å². The molecule has 0 bridgehead atoms. The maximum Gasteiger partial charge on any atom is 0.322 e. The summed E-state index contributed by atoms with van der Waals surface area (Å²) >= 11 is 0. The minimum Gasteiger partial charge on any atom is -0.480 e. The molecule has 6 heteroatoms. The average molecular weight is 186 g/mol. The van der Waals surface area contributed by atoms with E-state index in [0.29, 0.717) is 12.8 Å². The van der Waals surface area contributed by atoms with Gasteiger partial charge in [-0.15, -0.1) is 0 Å². The molecule has 3 N–H and O–H groups in total. The van der Waals surface area contributed by atoms with Crippen LogP contribution in [0.3, 0.4) is 0 Å². The van der Waals surface area contributed by atoms with E-state index in [0.717, 1.165) is 0 Å². The number of hydrogen-bond donors (Lipinski definition) is 3. The van der Waals surface area contributed by atoms with E-state index >= 15 is 0 Å². The highest BCUT2D eigenvalue weighted by Gasteiger charge is 2.26. The summed E-state index contributed by atoms with van der Waals surface area (Å²) in [7, 11) is 0. The van der Waals surface area contributed by atoms with Crippen LogP contribution in [0.5, 0.6) is 0 Å². The molecule has 0 aliphatic carbocycles. The van der Waals surface area contributed by atoms with Crippen molar-refractivity contribution in [2.45, 2.75) is 18.9 Å². The van der Waals surface area contributed by atoms with E-state index in [1.807, 2.05) is 0 Å². The van der Waals surface area contributed by atoms with Gasteiger partial charge in [-0.1, -0.05) is 0 Å². The monoisotopic (exact) mass is 186 g/mol. The van der Waals surface area contributed by atoms with Crippen LogP contribution >= 0.6 is 0 Å². The van der Waals surface area contributed by atoms with Crippen molar-refractivity contribution < 1.29 is 19.5 Å². The lowest BCUT2D eigenvalue weighted by Crippen LogP contribution is -2.43. The summed E-state index contributed by atoms with van der Waals surface area (Å²) < 4.78 is 0. The van der Waals surface area contributed by atoms with Gasteiger partial charge in [-0.2, -0.15) is 0 Å². The summed E-state index contributed by atoms with van der Waals surface area (Å²) in [6, 6.07) is -0.563. The largest absolute Gasteiger partial charge is 0.480 e. The van der Waals surface area contributed by atoms with E-state index in [-0.39, 0.29) is 5.91 Å². The van der Waals surface area contributed by atoms with Crippen molar-refractivity contribution in [2.24, 2.45) is 0 Å². The molecule has 0 radical (unpaired) electrons. The van der Waals surface area contributed by atoms with Gasteiger partial charge >= 0.3 is 5.97 Å². The maximum atomic E-state index is 11.1. The highest BCUT2D eigenvalue weighted by atomic mass is 16.4. The number of carboxylic acid groups (broad SMARTS) is 1. The molecule has 1 saturated heterocycles. The third-order valence-corrected chi connectivity index (χ3v) is 1.73. The molecule has 1 unspecified atom stereocenters. The molecular formula is C7H10N2O4. The van der Waals surface area contributed by atoms with Gasteiger partial charge in [0.15, 0.2) is 0 Å². The second kappa shape index (κ2) is 3.88. The fourth-order valence-electron chi connectivity index (χ4n) is 1.10. The third kappa shape index (κ3) is 2.73. The van der Waals surface area contributed by atoms with Gasteiger partial charge in [0.05, 0.1) is 0 Å². The number of carbonyl (C=O) groups excluding carboxylic acids is 2. The Hall–Kier alpha value is -1.59. The second-order valence-electron chi connectivity index (χ2n) is 2.77. The Bertz CT molecular complexity index is 251. The predicted octanol–water partition coefficient (Wildman–Crippen LogP) is -1.53. The van der Waals surface area contributed by atoms with E-state index < -0.39 is 24.5 Å². The van der Waals surface area contributed by atoms with Crippen molar-refractivity contribution in [1.29, 1.82) is 0 Å². The molecular weight excluding hydrogens is 176 g/mol. The van der Waals surface area contributed by atoms with E-state index in [1.54, 1.807) is 0 Å². The number of nitrogens with one attached hydrogen (secondary N) is 2. The topological polar surface area (TPSA) is 95.5 Å². The first-order valence-electron chi connectivity index (χ1n) is 3.88. The van der Waals surface area contributed by atoms with E-state index in [4.69, 9.17) is 5.11 Å². The van der Waals surface area contributed by atoms with Gasteiger partial charge in [0.2, 0.25) is 11.8 Å². The lowest BCUT2D eigenvalue weighted by atomic mass is 10.2. The summed E-state index contributed by atoms with van der Waals surface area (Å²) in [5.41, 5.74) is 0. The summed E-state index contributed by atoms with van der Waals surface area (Å²) in [5, 5.41) is 12.9. The molecule has 0 spiro atoms. The SMILES string of the molecule is O=C(O)CNC(=O)C1CCC(=O)N1. The smallest absolute Gasteiger partial charge is 0.322 e. The Labute approximate surface area is 74.3 Å². The number of aliphatic carboxylic acids is 1. The molecule has 1 heterocycles. The lowest BCUT2D eigenvalue weighted by Gasteiger charge is -2.08. The molecule has 1 aliphatic rings. The van der Waals surface area contributed by atoms with Crippen molar-refractivity contribution in [1.82, 2.24) is 10.6 Å². The molecule has 0 aromatic heterocycles. The Morgan fingerprint density at radius 1 is 1.62 bits per heavy atom. The van der Waals surface area contributed by atoms with E-state index in [2.05, 4.69) is 10.6 Å². The van der Waals surface area contributed by atoms with Gasteiger partial charge in [0.1, 0.15) is 12.6 Å². The van der Waals surface area contributed by atoms with Gasteiger partial charge in [-0.3, -0.25) is 14.4 Å². The van der Waals surface area contributed by atoms with Gasteiger partial charge in [-0.25, -0.2) is 0 Å². The summed E-state index contributed by atoms with van der Waals surface area (Å²) in [6.07, 6.45) is 0.759. The zero-order chi connectivity index (χ0) is 9.84. The molecule has 13 heavy (non-hydrogen) atoms. The van der Waals surface area contributed by atoms with Crippen molar-refractivity contribution in [3.8, 4) is 0 Å². The van der Waals surface area contributed by atoms with Crippen LogP contribution in [0.1, 0.15) is 12.8 Å². The summed E-state index contributed by atoms with van der Waals surface area (Å²) in [6.45, 7) is -0.412. The number of carboxylic acids is 1. The Morgan fingerprint density at radius 3 is 2.77 bits per heavy atom. The van der Waals surface area contributed by atoms with Gasteiger partial charge in [0.25, 0.3) is 0 Å². The van der Waals surface area contributed by atoms with Gasteiger partial charge in [0, 0.05) is 6.42 Å². The molecule has 1 atom stereocenters. The lowest BCUT2D eigenvalue weighted by molar-refractivity contribution is -0.138. The fourth-order valence-corrected chi connectivity index (χ4v) is 1.10. The zero-order valence-corrected chi connectivity index (χ0v) is 6.87. The summed E-state index contributed by atoms with van der Waals surface area (Å²) in [4.78, 5) is 31.9. The third-order valence-electron chi connectivity index (χ3n) is 1.73. The zero-order valence-electron chi connectivity index (χ0n) is 6.87. The van der Waals surface area contributed by atoms with Crippen LogP contribution in [-0.4, -0.2) is 35.5 Å². The molecule has 1 fully saturated rings. The molecule has 6 nitrogen and oxygen atoms in total. The van der Waals surface area contributed by atoms with Crippen LogP contribution < -0.4 is 10.6 Å². The van der Waals surface area contributed by atoms with Crippen molar-refractivity contribution in [3.63, 3.8) is 0 Å². The number of carbonyl (C=O) groups is 3. The normalized spacial score (nSPS) is 20.9. The van der Waals surface area contributed by atoms with Crippen LogP contribution in [-0.2, 0) is 14.4 Å². The van der Waals surface area contributed by atoms with Crippen molar-refractivity contribution >= 4 is 17.8 Å². The highest BCUT2D eigenvalue weighted by Crippen LogP contribution is 2.05. The first-order valence-corrected chi connectivity index (χ1v) is 3.88. The highest BCUT2D eigenvalue weighted by molar-refractivity contribution is 5.92. The molecule has 0 saturated carbocycles. The average Bonchev–Trinajstić information content (AvgIpc) is 2.47. The first-order chi connectivity index (χ1) is 6.09. The molecule has 72 valence electrons. The maximum absolute atomic E-state index is 11.1. The Kier molecular flexibility index (Phi) is 2.84. The van der Waals surface area contributed by atoms with Crippen molar-refractivity contribution in [3.05, 3.63) is 0 Å². The number of amides is 2. The van der Waals surface area contributed by atoms with Gasteiger partial charge < -0.3 is 15.7 Å². The van der Waals surface area contributed by atoms with Crippen LogP contribution in [0.4, 0.5) is 0 Å². The molecule has 1 aliphatic heterocycles. The predicted molar refractivity (Wildman–Crippen MR) is 41.8 cm³/mol. The van der Waals surface area contributed by atoms with Crippen molar-refractivity contribution in [2.75, 3.05) is 6.54 Å². The molecule has 0 aromatic rings. The number of hydrogen-bond acceptors (Lipinski definition) is 3. The minimum absolute atomic E-state index is 0.171. The fraction of sp³-hybridized carbons (Fsp3) is 0.571.